The molecule has 0 saturated carbocycles. The Hall–Kier alpha value is -1.68. The van der Waals surface area contributed by atoms with Crippen LogP contribution in [-0.2, 0) is 6.42 Å². The number of aryl methyl sites for hydroxylation is 1. The molecule has 0 amide bonds. The Morgan fingerprint density at radius 3 is 2.63 bits per heavy atom. The van der Waals surface area contributed by atoms with Gasteiger partial charge in [-0.05, 0) is 25.1 Å². The van der Waals surface area contributed by atoms with E-state index in [-0.39, 0.29) is 5.02 Å². The largest absolute Gasteiger partial charge is 0.373 e. The van der Waals surface area contributed by atoms with Crippen LogP contribution in [0.3, 0.4) is 0 Å². The second-order valence-electron chi connectivity index (χ2n) is 4.19. The molecule has 0 aliphatic carbocycles. The smallest absolute Gasteiger partial charge is 0.141 e. The third-order valence-corrected chi connectivity index (χ3v) is 3.23. The van der Waals surface area contributed by atoms with Gasteiger partial charge in [-0.2, -0.15) is 0 Å². The molecule has 0 fully saturated rings. The SMILES string of the molecule is CCc1nc(NC)c(C)c(-c2ccc(F)c(Cl)c2)n1. The van der Waals surface area contributed by atoms with Crippen molar-refractivity contribution in [3.63, 3.8) is 0 Å². The molecule has 3 nitrogen and oxygen atoms in total. The van der Waals surface area contributed by atoms with Crippen molar-refractivity contribution in [2.75, 3.05) is 12.4 Å². The van der Waals surface area contributed by atoms with Gasteiger partial charge in [0.1, 0.15) is 17.5 Å². The van der Waals surface area contributed by atoms with E-state index < -0.39 is 5.82 Å². The molecule has 0 spiro atoms. The number of hydrogen-bond donors (Lipinski definition) is 1. The number of benzene rings is 1. The van der Waals surface area contributed by atoms with Crippen LogP contribution >= 0.6 is 11.6 Å². The first kappa shape index (κ1) is 13.7. The van der Waals surface area contributed by atoms with Crippen LogP contribution < -0.4 is 5.32 Å². The molecule has 0 saturated heterocycles. The lowest BCUT2D eigenvalue weighted by atomic mass is 10.1. The van der Waals surface area contributed by atoms with Crippen molar-refractivity contribution in [3.8, 4) is 11.3 Å². The first-order chi connectivity index (χ1) is 9.06. The molecule has 0 unspecified atom stereocenters. The molecule has 19 heavy (non-hydrogen) atoms. The molecular weight excluding hydrogens is 265 g/mol. The van der Waals surface area contributed by atoms with Crippen LogP contribution in [0.4, 0.5) is 10.2 Å². The van der Waals surface area contributed by atoms with E-state index in [9.17, 15) is 4.39 Å². The van der Waals surface area contributed by atoms with E-state index in [2.05, 4.69) is 15.3 Å². The second kappa shape index (κ2) is 5.53. The summed E-state index contributed by atoms with van der Waals surface area (Å²) < 4.78 is 13.2. The Kier molecular flexibility index (Phi) is 4.00. The van der Waals surface area contributed by atoms with Gasteiger partial charge in [0, 0.05) is 24.6 Å². The summed E-state index contributed by atoms with van der Waals surface area (Å²) in [6.45, 7) is 3.92. The summed E-state index contributed by atoms with van der Waals surface area (Å²) in [7, 11) is 1.82. The quantitative estimate of drug-likeness (QED) is 0.927. The van der Waals surface area contributed by atoms with E-state index in [1.807, 2.05) is 20.9 Å². The molecule has 0 bridgehead atoms. The molecule has 1 aromatic carbocycles. The molecule has 2 aromatic rings. The minimum Gasteiger partial charge on any atom is -0.373 e. The molecule has 0 atom stereocenters. The maximum absolute atomic E-state index is 13.2. The number of nitrogens with zero attached hydrogens (tertiary/aromatic N) is 2. The Balaban J connectivity index is 2.63. The highest BCUT2D eigenvalue weighted by Crippen LogP contribution is 2.28. The van der Waals surface area contributed by atoms with Crippen molar-refractivity contribution in [2.24, 2.45) is 0 Å². The fraction of sp³-hybridized carbons (Fsp3) is 0.286. The lowest BCUT2D eigenvalue weighted by Gasteiger charge is -2.12. The topological polar surface area (TPSA) is 37.8 Å². The zero-order valence-electron chi connectivity index (χ0n) is 11.1. The van der Waals surface area contributed by atoms with E-state index in [1.165, 1.54) is 6.07 Å². The van der Waals surface area contributed by atoms with Crippen LogP contribution in [0.25, 0.3) is 11.3 Å². The Morgan fingerprint density at radius 1 is 1.32 bits per heavy atom. The number of anilines is 1. The zero-order valence-corrected chi connectivity index (χ0v) is 11.8. The molecular formula is C14H15ClFN3. The summed E-state index contributed by atoms with van der Waals surface area (Å²) in [4.78, 5) is 8.91. The third-order valence-electron chi connectivity index (χ3n) is 2.94. The van der Waals surface area contributed by atoms with Crippen LogP contribution in [0.5, 0.6) is 0 Å². The van der Waals surface area contributed by atoms with Gasteiger partial charge in [0.2, 0.25) is 0 Å². The van der Waals surface area contributed by atoms with Gasteiger partial charge in [-0.3, -0.25) is 0 Å². The zero-order chi connectivity index (χ0) is 14.0. The van der Waals surface area contributed by atoms with Crippen LogP contribution in [0.2, 0.25) is 5.02 Å². The number of rotatable bonds is 3. The first-order valence-electron chi connectivity index (χ1n) is 6.07. The number of nitrogens with one attached hydrogen (secondary N) is 1. The number of halogens is 2. The van der Waals surface area contributed by atoms with E-state index in [4.69, 9.17) is 11.6 Å². The summed E-state index contributed by atoms with van der Waals surface area (Å²) in [6.07, 6.45) is 0.733. The van der Waals surface area contributed by atoms with Crippen molar-refractivity contribution in [1.29, 1.82) is 0 Å². The Labute approximate surface area is 116 Å². The minimum atomic E-state index is -0.429. The van der Waals surface area contributed by atoms with E-state index >= 15 is 0 Å². The van der Waals surface area contributed by atoms with Crippen molar-refractivity contribution >= 4 is 17.4 Å². The summed E-state index contributed by atoms with van der Waals surface area (Å²) in [5.74, 6) is 1.09. The van der Waals surface area contributed by atoms with Crippen molar-refractivity contribution in [2.45, 2.75) is 20.3 Å². The van der Waals surface area contributed by atoms with Gasteiger partial charge in [0.15, 0.2) is 0 Å². The Bertz CT molecular complexity index is 614. The normalized spacial score (nSPS) is 10.6. The molecule has 100 valence electrons. The molecule has 2 rings (SSSR count). The highest BCUT2D eigenvalue weighted by molar-refractivity contribution is 6.31. The maximum Gasteiger partial charge on any atom is 0.141 e. The van der Waals surface area contributed by atoms with Crippen molar-refractivity contribution in [3.05, 3.63) is 40.4 Å². The second-order valence-corrected chi connectivity index (χ2v) is 4.60. The monoisotopic (exact) mass is 279 g/mol. The highest BCUT2D eigenvalue weighted by atomic mass is 35.5. The van der Waals surface area contributed by atoms with Gasteiger partial charge in [-0.25, -0.2) is 14.4 Å². The summed E-state index contributed by atoms with van der Waals surface area (Å²) in [5, 5.41) is 3.14. The van der Waals surface area contributed by atoms with Gasteiger partial charge in [-0.1, -0.05) is 18.5 Å². The Morgan fingerprint density at radius 2 is 2.05 bits per heavy atom. The van der Waals surface area contributed by atoms with Crippen LogP contribution in [-0.4, -0.2) is 17.0 Å². The molecule has 5 heteroatoms. The van der Waals surface area contributed by atoms with Crippen LogP contribution in [0, 0.1) is 12.7 Å². The number of hydrogen-bond acceptors (Lipinski definition) is 3. The lowest BCUT2D eigenvalue weighted by molar-refractivity contribution is 0.628. The van der Waals surface area contributed by atoms with E-state index in [0.29, 0.717) is 0 Å². The predicted octanol–water partition coefficient (Wildman–Crippen LogP) is 3.85. The highest BCUT2D eigenvalue weighted by Gasteiger charge is 2.12. The first-order valence-corrected chi connectivity index (χ1v) is 6.45. The average Bonchev–Trinajstić information content (AvgIpc) is 2.42. The number of aromatic nitrogens is 2. The maximum atomic E-state index is 13.2. The van der Waals surface area contributed by atoms with Crippen molar-refractivity contribution in [1.82, 2.24) is 9.97 Å². The van der Waals surface area contributed by atoms with Gasteiger partial charge in [-0.15, -0.1) is 0 Å². The summed E-state index contributed by atoms with van der Waals surface area (Å²) >= 11 is 5.83. The molecule has 1 heterocycles. The average molecular weight is 280 g/mol. The van der Waals surface area contributed by atoms with Gasteiger partial charge in [0.05, 0.1) is 10.7 Å². The molecule has 0 radical (unpaired) electrons. The fourth-order valence-electron chi connectivity index (χ4n) is 1.89. The van der Waals surface area contributed by atoms with Crippen LogP contribution in [0.1, 0.15) is 18.3 Å². The van der Waals surface area contributed by atoms with Gasteiger partial charge in [0.25, 0.3) is 0 Å². The molecule has 1 N–H and O–H groups in total. The summed E-state index contributed by atoms with van der Waals surface area (Å²) in [6, 6.07) is 4.62. The molecule has 0 aliphatic heterocycles. The molecule has 1 aromatic heterocycles. The fourth-order valence-corrected chi connectivity index (χ4v) is 2.07. The van der Waals surface area contributed by atoms with Crippen molar-refractivity contribution < 1.29 is 4.39 Å². The lowest BCUT2D eigenvalue weighted by Crippen LogP contribution is -2.04. The third kappa shape index (κ3) is 2.68. The minimum absolute atomic E-state index is 0.0968. The van der Waals surface area contributed by atoms with Crippen LogP contribution in [0.15, 0.2) is 18.2 Å². The molecule has 0 aliphatic rings. The summed E-state index contributed by atoms with van der Waals surface area (Å²) in [5.41, 5.74) is 2.48. The predicted molar refractivity (Wildman–Crippen MR) is 76.1 cm³/mol. The van der Waals surface area contributed by atoms with Gasteiger partial charge < -0.3 is 5.32 Å². The standard InChI is InChI=1S/C14H15ClFN3/c1-4-12-18-13(8(2)14(17-3)19-12)9-5-6-11(16)10(15)7-9/h5-7H,4H2,1-3H3,(H,17,18,19). The van der Waals surface area contributed by atoms with E-state index in [0.717, 1.165) is 34.9 Å². The van der Waals surface area contributed by atoms with Gasteiger partial charge >= 0.3 is 0 Å². The van der Waals surface area contributed by atoms with E-state index in [1.54, 1.807) is 12.1 Å².